The van der Waals surface area contributed by atoms with Crippen molar-refractivity contribution in [2.24, 2.45) is 5.92 Å². The predicted octanol–water partition coefficient (Wildman–Crippen LogP) is 2.57. The summed E-state index contributed by atoms with van der Waals surface area (Å²) >= 11 is 0. The Labute approximate surface area is 166 Å². The maximum Gasteiger partial charge on any atom is 0.251 e. The third-order valence-electron chi connectivity index (χ3n) is 5.37. The van der Waals surface area contributed by atoms with Crippen molar-refractivity contribution in [3.63, 3.8) is 0 Å². The quantitative estimate of drug-likeness (QED) is 0.837. The number of pyridine rings is 1. The summed E-state index contributed by atoms with van der Waals surface area (Å²) in [6.07, 6.45) is 2.60. The summed E-state index contributed by atoms with van der Waals surface area (Å²) in [7, 11) is 0. The minimum absolute atomic E-state index is 0.000646. The summed E-state index contributed by atoms with van der Waals surface area (Å²) in [5, 5.41) is 2.97. The molecule has 0 unspecified atom stereocenters. The molecular weight excluding hydrogens is 352 g/mol. The number of hydrogen-bond donors (Lipinski definition) is 1. The number of rotatable bonds is 6. The lowest BCUT2D eigenvalue weighted by Gasteiger charge is -2.38. The second-order valence-corrected chi connectivity index (χ2v) is 7.20. The highest BCUT2D eigenvalue weighted by Crippen LogP contribution is 2.16. The van der Waals surface area contributed by atoms with Crippen LogP contribution in [0.4, 0.5) is 5.82 Å². The van der Waals surface area contributed by atoms with Gasteiger partial charge in [0.25, 0.3) is 5.91 Å². The third kappa shape index (κ3) is 4.68. The van der Waals surface area contributed by atoms with E-state index >= 15 is 0 Å². The standard InChI is InChI=1S/C22H28N4O2/c1-3-17(2)20(24-21(27)18-9-5-4-6-10-18)22(28)26-15-13-25(14-16-26)19-11-7-8-12-23-19/h4-12,17,20H,3,13-16H2,1-2H3,(H,24,27)/t17-,20-/m0/s1. The van der Waals surface area contributed by atoms with Gasteiger partial charge in [-0.2, -0.15) is 0 Å². The molecule has 148 valence electrons. The van der Waals surface area contributed by atoms with Crippen LogP contribution in [-0.2, 0) is 4.79 Å². The Morgan fingerprint density at radius 3 is 2.32 bits per heavy atom. The van der Waals surface area contributed by atoms with Crippen molar-refractivity contribution in [1.82, 2.24) is 15.2 Å². The number of anilines is 1. The van der Waals surface area contributed by atoms with E-state index in [1.807, 2.05) is 55.1 Å². The molecule has 1 aliphatic rings. The topological polar surface area (TPSA) is 65.5 Å². The van der Waals surface area contributed by atoms with Gasteiger partial charge in [-0.3, -0.25) is 9.59 Å². The fourth-order valence-corrected chi connectivity index (χ4v) is 3.39. The Morgan fingerprint density at radius 2 is 1.71 bits per heavy atom. The lowest BCUT2D eigenvalue weighted by Crippen LogP contribution is -2.56. The molecule has 2 amide bonds. The van der Waals surface area contributed by atoms with Gasteiger partial charge in [0, 0.05) is 37.9 Å². The summed E-state index contributed by atoms with van der Waals surface area (Å²) in [6, 6.07) is 14.4. The number of piperazine rings is 1. The summed E-state index contributed by atoms with van der Waals surface area (Å²) in [6.45, 7) is 6.79. The maximum atomic E-state index is 13.2. The SMILES string of the molecule is CC[C@H](C)[C@H](NC(=O)c1ccccc1)C(=O)N1CCN(c2ccccn2)CC1. The van der Waals surface area contributed by atoms with Gasteiger partial charge in [-0.1, -0.05) is 44.5 Å². The predicted molar refractivity (Wildman–Crippen MR) is 110 cm³/mol. The van der Waals surface area contributed by atoms with Crippen LogP contribution in [-0.4, -0.2) is 53.9 Å². The smallest absolute Gasteiger partial charge is 0.251 e. The van der Waals surface area contributed by atoms with E-state index in [0.717, 1.165) is 25.3 Å². The maximum absolute atomic E-state index is 13.2. The Hall–Kier alpha value is -2.89. The molecule has 1 fully saturated rings. The van der Waals surface area contributed by atoms with E-state index in [9.17, 15) is 9.59 Å². The average Bonchev–Trinajstić information content (AvgIpc) is 2.77. The molecule has 2 heterocycles. The number of nitrogens with one attached hydrogen (secondary N) is 1. The fraction of sp³-hybridized carbons (Fsp3) is 0.409. The van der Waals surface area contributed by atoms with Crippen molar-refractivity contribution >= 4 is 17.6 Å². The Balaban J connectivity index is 1.64. The summed E-state index contributed by atoms with van der Waals surface area (Å²) < 4.78 is 0. The monoisotopic (exact) mass is 380 g/mol. The fourth-order valence-electron chi connectivity index (χ4n) is 3.39. The number of nitrogens with zero attached hydrogens (tertiary/aromatic N) is 3. The number of amides is 2. The van der Waals surface area contributed by atoms with Crippen LogP contribution < -0.4 is 10.2 Å². The lowest BCUT2D eigenvalue weighted by atomic mass is 9.97. The Bertz CT molecular complexity index is 774. The highest BCUT2D eigenvalue weighted by Gasteiger charge is 2.32. The number of carbonyl (C=O) groups excluding carboxylic acids is 2. The van der Waals surface area contributed by atoms with E-state index in [1.54, 1.807) is 18.3 Å². The van der Waals surface area contributed by atoms with Crippen molar-refractivity contribution in [2.45, 2.75) is 26.3 Å². The molecule has 28 heavy (non-hydrogen) atoms. The molecule has 1 saturated heterocycles. The molecular formula is C22H28N4O2. The van der Waals surface area contributed by atoms with Crippen molar-refractivity contribution in [1.29, 1.82) is 0 Å². The van der Waals surface area contributed by atoms with Crippen LogP contribution in [0.3, 0.4) is 0 Å². The second kappa shape index (κ2) is 9.35. The lowest BCUT2D eigenvalue weighted by molar-refractivity contribution is -0.134. The average molecular weight is 380 g/mol. The zero-order valence-corrected chi connectivity index (χ0v) is 16.5. The second-order valence-electron chi connectivity index (χ2n) is 7.20. The van der Waals surface area contributed by atoms with Gasteiger partial charge in [0.05, 0.1) is 0 Å². The molecule has 1 aliphatic heterocycles. The molecule has 2 aromatic rings. The van der Waals surface area contributed by atoms with E-state index in [4.69, 9.17) is 0 Å². The number of hydrogen-bond acceptors (Lipinski definition) is 4. The molecule has 2 atom stereocenters. The van der Waals surface area contributed by atoms with Crippen LogP contribution in [0.25, 0.3) is 0 Å². The highest BCUT2D eigenvalue weighted by atomic mass is 16.2. The highest BCUT2D eigenvalue weighted by molar-refractivity contribution is 5.97. The van der Waals surface area contributed by atoms with Crippen LogP contribution in [0.1, 0.15) is 30.6 Å². The first kappa shape index (κ1) is 19.9. The molecule has 0 aliphatic carbocycles. The molecule has 0 bridgehead atoms. The first-order chi connectivity index (χ1) is 13.6. The summed E-state index contributed by atoms with van der Waals surface area (Å²) in [4.78, 5) is 34.2. The minimum atomic E-state index is -0.515. The van der Waals surface area contributed by atoms with Crippen molar-refractivity contribution in [3.05, 3.63) is 60.3 Å². The van der Waals surface area contributed by atoms with Crippen molar-refractivity contribution in [3.8, 4) is 0 Å². The molecule has 0 saturated carbocycles. The molecule has 3 rings (SSSR count). The summed E-state index contributed by atoms with van der Waals surface area (Å²) in [5.74, 6) is 0.796. The zero-order chi connectivity index (χ0) is 19.9. The Kier molecular flexibility index (Phi) is 6.63. The third-order valence-corrected chi connectivity index (χ3v) is 5.37. The minimum Gasteiger partial charge on any atom is -0.353 e. The van der Waals surface area contributed by atoms with Crippen molar-refractivity contribution < 1.29 is 9.59 Å². The van der Waals surface area contributed by atoms with Gasteiger partial charge in [-0.15, -0.1) is 0 Å². The van der Waals surface area contributed by atoms with E-state index in [1.165, 1.54) is 0 Å². The van der Waals surface area contributed by atoms with Gasteiger partial charge in [0.2, 0.25) is 5.91 Å². The molecule has 1 aromatic heterocycles. The van der Waals surface area contributed by atoms with E-state index in [2.05, 4.69) is 15.2 Å². The van der Waals surface area contributed by atoms with E-state index in [-0.39, 0.29) is 17.7 Å². The van der Waals surface area contributed by atoms with E-state index in [0.29, 0.717) is 18.7 Å². The zero-order valence-electron chi connectivity index (χ0n) is 16.5. The van der Waals surface area contributed by atoms with Crippen LogP contribution in [0.5, 0.6) is 0 Å². The van der Waals surface area contributed by atoms with E-state index < -0.39 is 6.04 Å². The van der Waals surface area contributed by atoms with Gasteiger partial charge in [0.15, 0.2) is 0 Å². The molecule has 0 spiro atoms. The van der Waals surface area contributed by atoms with Gasteiger partial charge >= 0.3 is 0 Å². The molecule has 1 N–H and O–H groups in total. The van der Waals surface area contributed by atoms with Crippen LogP contribution in [0.2, 0.25) is 0 Å². The molecule has 6 heteroatoms. The Morgan fingerprint density at radius 1 is 1.04 bits per heavy atom. The van der Waals surface area contributed by atoms with Gasteiger partial charge in [0.1, 0.15) is 11.9 Å². The number of aromatic nitrogens is 1. The molecule has 0 radical (unpaired) electrons. The van der Waals surface area contributed by atoms with Gasteiger partial charge in [-0.25, -0.2) is 4.98 Å². The summed E-state index contributed by atoms with van der Waals surface area (Å²) in [5.41, 5.74) is 0.573. The first-order valence-electron chi connectivity index (χ1n) is 9.90. The molecule has 6 nitrogen and oxygen atoms in total. The van der Waals surface area contributed by atoms with Crippen LogP contribution >= 0.6 is 0 Å². The van der Waals surface area contributed by atoms with Crippen LogP contribution in [0, 0.1) is 5.92 Å². The first-order valence-corrected chi connectivity index (χ1v) is 9.90. The molecule has 1 aromatic carbocycles. The normalized spacial score (nSPS) is 16.4. The number of carbonyl (C=O) groups is 2. The van der Waals surface area contributed by atoms with Crippen molar-refractivity contribution in [2.75, 3.05) is 31.1 Å². The van der Waals surface area contributed by atoms with Crippen LogP contribution in [0.15, 0.2) is 54.7 Å². The number of benzene rings is 1. The van der Waals surface area contributed by atoms with Gasteiger partial charge < -0.3 is 15.1 Å². The largest absolute Gasteiger partial charge is 0.353 e. The van der Waals surface area contributed by atoms with Gasteiger partial charge in [-0.05, 0) is 30.2 Å².